The molecule has 0 amide bonds. The summed E-state index contributed by atoms with van der Waals surface area (Å²) in [4.78, 5) is 25.6. The van der Waals surface area contributed by atoms with E-state index in [4.69, 9.17) is 19.2 Å². The smallest absolute Gasteiger partial charge is 0.822 e. The van der Waals surface area contributed by atoms with Crippen molar-refractivity contribution in [3.63, 3.8) is 0 Å². The predicted octanol–water partition coefficient (Wildman–Crippen LogP) is -2.60. The van der Waals surface area contributed by atoms with Crippen molar-refractivity contribution in [2.45, 2.75) is 0 Å². The molecule has 0 unspecified atom stereocenters. The third-order valence-electron chi connectivity index (χ3n) is 0. The molecule has 0 aromatic carbocycles. The topological polar surface area (TPSA) is 86.2 Å². The van der Waals surface area contributed by atoms with Crippen molar-refractivity contribution >= 4 is 7.82 Å². The van der Waals surface area contributed by atoms with Gasteiger partial charge >= 0.3 is 25.2 Å². The fraction of sp³-hybridized carbons (Fsp3) is 0. The molecule has 0 aromatic rings. The standard InChI is InChI=1S/Au.H3O4P/c;1-5(2,3)4/h;(H3,1,2,3,4)/q+1;/p-1. The first kappa shape index (κ1) is 9.97. The minimum atomic E-state index is -5.39. The average molecular weight is 294 g/mol. The van der Waals surface area contributed by atoms with E-state index >= 15 is 0 Å². The van der Waals surface area contributed by atoms with Gasteiger partial charge in [-0.15, -0.1) is 0 Å². The van der Waals surface area contributed by atoms with E-state index in [2.05, 4.69) is 0 Å². The monoisotopic (exact) mass is 294 g/mol. The maximum atomic E-state index is 8.55. The van der Waals surface area contributed by atoms with Crippen molar-refractivity contribution in [1.82, 2.24) is 0 Å². The third-order valence-corrected chi connectivity index (χ3v) is 0. The molecule has 0 N–H and O–H groups in total. The van der Waals surface area contributed by atoms with Crippen molar-refractivity contribution in [2.75, 3.05) is 0 Å². The van der Waals surface area contributed by atoms with E-state index in [0.29, 0.717) is 0 Å². The van der Waals surface area contributed by atoms with Gasteiger partial charge < -0.3 is 19.2 Å². The third kappa shape index (κ3) is 99.5. The summed E-state index contributed by atoms with van der Waals surface area (Å²) in [5, 5.41) is 0. The summed E-state index contributed by atoms with van der Waals surface area (Å²) in [6, 6.07) is 0. The minimum absolute atomic E-state index is 0. The average Bonchev–Trinajstić information content (AvgIpc) is 0.722. The first-order valence-electron chi connectivity index (χ1n) is 0.730. The maximum Gasteiger partial charge on any atom is 1.00 e. The molecule has 0 aliphatic heterocycles. The molecule has 0 spiro atoms. The molecule has 0 aliphatic carbocycles. The molecule has 0 fully saturated rings. The second kappa shape index (κ2) is 2.93. The van der Waals surface area contributed by atoms with Gasteiger partial charge in [0.25, 0.3) is 0 Å². The molecule has 42 valence electrons. The first-order chi connectivity index (χ1) is 2.00. The SMILES string of the molecule is O=P([O-])([O-])[O-].[Au+].[H+].[H+]. The van der Waals surface area contributed by atoms with Crippen molar-refractivity contribution in [1.29, 1.82) is 0 Å². The summed E-state index contributed by atoms with van der Waals surface area (Å²) in [5.74, 6) is 0. The van der Waals surface area contributed by atoms with E-state index in [1.165, 1.54) is 0 Å². The molecule has 0 heterocycles. The van der Waals surface area contributed by atoms with Crippen LogP contribution >= 0.6 is 7.82 Å². The van der Waals surface area contributed by atoms with Crippen LogP contribution < -0.4 is 14.7 Å². The van der Waals surface area contributed by atoms with Crippen LogP contribution in [0.25, 0.3) is 0 Å². The molecule has 6 heteroatoms. The zero-order valence-electron chi connectivity index (χ0n) is 4.38. The first-order valence-corrected chi connectivity index (χ1v) is 2.19. The summed E-state index contributed by atoms with van der Waals surface area (Å²) < 4.78 is 8.55. The van der Waals surface area contributed by atoms with Crippen LogP contribution in [0.5, 0.6) is 0 Å². The normalized spacial score (nSPS) is 9.83. The van der Waals surface area contributed by atoms with E-state index in [1.54, 1.807) is 0 Å². The molecular formula is H2AuO4P. The Balaban J connectivity index is -0.0000000267. The minimum Gasteiger partial charge on any atom is -0.822 e. The van der Waals surface area contributed by atoms with E-state index in [1.807, 2.05) is 0 Å². The summed E-state index contributed by atoms with van der Waals surface area (Å²) >= 11 is 0. The summed E-state index contributed by atoms with van der Waals surface area (Å²) in [5.41, 5.74) is 0. The van der Waals surface area contributed by atoms with E-state index < -0.39 is 7.82 Å². The van der Waals surface area contributed by atoms with Crippen LogP contribution in [0.3, 0.4) is 0 Å². The maximum absolute atomic E-state index is 8.55. The van der Waals surface area contributed by atoms with Gasteiger partial charge in [-0.25, -0.2) is 0 Å². The van der Waals surface area contributed by atoms with Gasteiger partial charge in [-0.3, -0.25) is 0 Å². The zero-order valence-corrected chi connectivity index (χ0v) is 5.44. The van der Waals surface area contributed by atoms with Crippen LogP contribution in [-0.4, -0.2) is 0 Å². The molecule has 0 saturated carbocycles. The Kier molecular flexibility index (Phi) is 4.87. The number of hydrogen-bond donors (Lipinski definition) is 0. The Bertz CT molecular complexity index is 60.2. The van der Waals surface area contributed by atoms with Gasteiger partial charge in [0, 0.05) is 0 Å². The van der Waals surface area contributed by atoms with Gasteiger partial charge in [-0.2, -0.15) is 7.82 Å². The summed E-state index contributed by atoms with van der Waals surface area (Å²) in [6.07, 6.45) is 0. The summed E-state index contributed by atoms with van der Waals surface area (Å²) in [6.45, 7) is 0. The molecule has 0 aromatic heterocycles. The van der Waals surface area contributed by atoms with Crippen LogP contribution in [0.2, 0.25) is 0 Å². The Labute approximate surface area is 52.9 Å². The van der Waals surface area contributed by atoms with Gasteiger partial charge in [0.15, 0.2) is 0 Å². The van der Waals surface area contributed by atoms with Gasteiger partial charge in [0.05, 0.1) is 0 Å². The number of rotatable bonds is 0. The zero-order chi connectivity index (χ0) is 4.50. The number of phosphoric acid groups is 1. The van der Waals surface area contributed by atoms with Crippen LogP contribution in [-0.2, 0) is 26.9 Å². The van der Waals surface area contributed by atoms with E-state index in [9.17, 15) is 0 Å². The second-order valence-corrected chi connectivity index (χ2v) is 1.34. The Hall–Kier alpha value is 0.850. The van der Waals surface area contributed by atoms with Gasteiger partial charge in [0.2, 0.25) is 0 Å². The molecule has 4 nitrogen and oxygen atoms in total. The Morgan fingerprint density at radius 2 is 1.33 bits per heavy atom. The van der Waals surface area contributed by atoms with Crippen LogP contribution in [0.4, 0.5) is 0 Å². The van der Waals surface area contributed by atoms with E-state index in [0.717, 1.165) is 0 Å². The fourth-order valence-electron chi connectivity index (χ4n) is 0. The van der Waals surface area contributed by atoms with Crippen LogP contribution in [0.15, 0.2) is 0 Å². The van der Waals surface area contributed by atoms with Gasteiger partial charge in [-0.05, 0) is 0 Å². The van der Waals surface area contributed by atoms with Crippen molar-refractivity contribution < 1.29 is 44.5 Å². The molecular weight excluding hydrogens is 292 g/mol. The molecule has 6 heavy (non-hydrogen) atoms. The Morgan fingerprint density at radius 3 is 1.33 bits per heavy atom. The van der Waals surface area contributed by atoms with E-state index in [-0.39, 0.29) is 25.2 Å². The van der Waals surface area contributed by atoms with Crippen LogP contribution in [0, 0.1) is 0 Å². The Morgan fingerprint density at radius 1 is 1.33 bits per heavy atom. The van der Waals surface area contributed by atoms with Crippen LogP contribution in [0.1, 0.15) is 2.85 Å². The molecule has 0 aliphatic rings. The van der Waals surface area contributed by atoms with Crippen molar-refractivity contribution in [3.8, 4) is 0 Å². The van der Waals surface area contributed by atoms with Gasteiger partial charge in [-0.1, -0.05) is 0 Å². The quantitative estimate of drug-likeness (QED) is 0.362. The second-order valence-electron chi connectivity index (χ2n) is 0.447. The summed E-state index contributed by atoms with van der Waals surface area (Å²) in [7, 11) is -5.39. The molecule has 0 atom stereocenters. The largest absolute Gasteiger partial charge is 1.00 e. The van der Waals surface area contributed by atoms with Crippen molar-refractivity contribution in [2.24, 2.45) is 0 Å². The molecule has 0 saturated heterocycles. The molecule has 0 bridgehead atoms. The number of hydrogen-bond acceptors (Lipinski definition) is 4. The fourth-order valence-corrected chi connectivity index (χ4v) is 0. The predicted molar refractivity (Wildman–Crippen MR) is 9.83 cm³/mol. The molecule has 0 radical (unpaired) electrons. The molecule has 0 rings (SSSR count). The van der Waals surface area contributed by atoms with Gasteiger partial charge in [0.1, 0.15) is 0 Å². The van der Waals surface area contributed by atoms with Crippen molar-refractivity contribution in [3.05, 3.63) is 0 Å².